The molecule has 0 heterocycles. The third kappa shape index (κ3) is 4.09. The molecule has 0 aliphatic carbocycles. The molecule has 0 aliphatic heterocycles. The first-order valence-electron chi connectivity index (χ1n) is 5.09. The van der Waals surface area contributed by atoms with Gasteiger partial charge in [0, 0.05) is 13.6 Å². The second-order valence-corrected chi connectivity index (χ2v) is 4.41. The lowest BCUT2D eigenvalue weighted by molar-refractivity contribution is -0.137. The van der Waals surface area contributed by atoms with Gasteiger partial charge in [0.15, 0.2) is 0 Å². The van der Waals surface area contributed by atoms with Crippen molar-refractivity contribution in [3.63, 3.8) is 0 Å². The Hall–Kier alpha value is -1.46. The lowest BCUT2D eigenvalue weighted by Crippen LogP contribution is -2.33. The molecule has 1 aromatic carbocycles. The average molecular weight is 291 g/mol. The molecule has 0 radical (unpaired) electrons. The van der Waals surface area contributed by atoms with Crippen LogP contribution in [0.3, 0.4) is 0 Å². The van der Waals surface area contributed by atoms with Gasteiger partial charge in [0.1, 0.15) is 0 Å². The number of hydrogen-bond donors (Lipinski definition) is 2. The van der Waals surface area contributed by atoms with E-state index in [-0.39, 0.29) is 13.0 Å². The highest BCUT2D eigenvalue weighted by Gasteiger charge is 2.13. The molecule has 1 aromatic rings. The predicted octanol–water partition coefficient (Wildman–Crippen LogP) is 2.93. The van der Waals surface area contributed by atoms with Crippen LogP contribution in [-0.2, 0) is 4.79 Å². The lowest BCUT2D eigenvalue weighted by atomic mass is 10.3. The molecule has 0 spiro atoms. The van der Waals surface area contributed by atoms with E-state index in [1.54, 1.807) is 18.2 Å². The van der Waals surface area contributed by atoms with Gasteiger partial charge in [-0.2, -0.15) is 0 Å². The quantitative estimate of drug-likeness (QED) is 0.896. The van der Waals surface area contributed by atoms with Crippen LogP contribution in [0.2, 0.25) is 10.0 Å². The predicted molar refractivity (Wildman–Crippen MR) is 70.4 cm³/mol. The molecule has 2 amide bonds. The molecule has 0 aliphatic rings. The zero-order valence-electron chi connectivity index (χ0n) is 9.61. The van der Waals surface area contributed by atoms with Crippen molar-refractivity contribution in [3.8, 4) is 0 Å². The molecule has 5 nitrogen and oxygen atoms in total. The Morgan fingerprint density at radius 3 is 2.39 bits per heavy atom. The Morgan fingerprint density at radius 2 is 1.89 bits per heavy atom. The fraction of sp³-hybridized carbons (Fsp3) is 0.273. The maximum Gasteiger partial charge on any atom is 0.321 e. The zero-order valence-corrected chi connectivity index (χ0v) is 11.1. The van der Waals surface area contributed by atoms with Crippen molar-refractivity contribution in [2.24, 2.45) is 0 Å². The van der Waals surface area contributed by atoms with E-state index in [0.717, 1.165) is 0 Å². The number of carbonyl (C=O) groups excluding carboxylic acids is 1. The molecule has 7 heteroatoms. The van der Waals surface area contributed by atoms with E-state index in [2.05, 4.69) is 5.32 Å². The van der Waals surface area contributed by atoms with Crippen LogP contribution in [0.15, 0.2) is 18.2 Å². The van der Waals surface area contributed by atoms with Gasteiger partial charge in [-0.15, -0.1) is 0 Å². The minimum absolute atomic E-state index is 0.100. The summed E-state index contributed by atoms with van der Waals surface area (Å²) in [5.74, 6) is -0.967. The van der Waals surface area contributed by atoms with Gasteiger partial charge in [-0.3, -0.25) is 4.79 Å². The van der Waals surface area contributed by atoms with Crippen molar-refractivity contribution in [2.45, 2.75) is 6.42 Å². The van der Waals surface area contributed by atoms with Crippen molar-refractivity contribution in [3.05, 3.63) is 28.2 Å². The SMILES string of the molecule is CN(CCC(=O)O)C(=O)Nc1c(Cl)cccc1Cl. The summed E-state index contributed by atoms with van der Waals surface area (Å²) in [4.78, 5) is 23.4. The Balaban J connectivity index is 2.67. The monoisotopic (exact) mass is 290 g/mol. The molecule has 1 rings (SSSR count). The number of para-hydroxylation sites is 1. The van der Waals surface area contributed by atoms with Crippen LogP contribution in [0.5, 0.6) is 0 Å². The molecule has 98 valence electrons. The number of carbonyl (C=O) groups is 2. The number of carboxylic acid groups (broad SMARTS) is 1. The molecular formula is C11H12Cl2N2O3. The highest BCUT2D eigenvalue weighted by atomic mass is 35.5. The van der Waals surface area contributed by atoms with Gasteiger partial charge in [-0.1, -0.05) is 29.3 Å². The second kappa shape index (κ2) is 6.47. The first-order valence-corrected chi connectivity index (χ1v) is 5.85. The van der Waals surface area contributed by atoms with Gasteiger partial charge in [-0.05, 0) is 12.1 Å². The molecule has 0 saturated heterocycles. The molecule has 0 atom stereocenters. The Morgan fingerprint density at radius 1 is 1.33 bits per heavy atom. The Bertz CT molecular complexity index is 445. The fourth-order valence-electron chi connectivity index (χ4n) is 1.18. The first-order chi connectivity index (χ1) is 8.41. The molecule has 0 fully saturated rings. The second-order valence-electron chi connectivity index (χ2n) is 3.59. The first kappa shape index (κ1) is 14.6. The van der Waals surface area contributed by atoms with Gasteiger partial charge in [0.2, 0.25) is 0 Å². The van der Waals surface area contributed by atoms with E-state index >= 15 is 0 Å². The Labute approximate surface area is 114 Å². The number of aliphatic carboxylic acids is 1. The number of hydrogen-bond acceptors (Lipinski definition) is 2. The lowest BCUT2D eigenvalue weighted by Gasteiger charge is -2.18. The number of halogens is 2. The third-order valence-electron chi connectivity index (χ3n) is 2.20. The fourth-order valence-corrected chi connectivity index (χ4v) is 1.68. The van der Waals surface area contributed by atoms with E-state index < -0.39 is 12.0 Å². The summed E-state index contributed by atoms with van der Waals surface area (Å²) in [6.45, 7) is 0.100. The van der Waals surface area contributed by atoms with Crippen LogP contribution in [-0.4, -0.2) is 35.6 Å². The van der Waals surface area contributed by atoms with Crippen LogP contribution < -0.4 is 5.32 Å². The van der Waals surface area contributed by atoms with Gasteiger partial charge in [-0.25, -0.2) is 4.79 Å². The number of benzene rings is 1. The van der Waals surface area contributed by atoms with E-state index in [1.807, 2.05) is 0 Å². The number of nitrogens with one attached hydrogen (secondary N) is 1. The number of carboxylic acids is 1. The zero-order chi connectivity index (χ0) is 13.7. The van der Waals surface area contributed by atoms with Crippen molar-refractivity contribution < 1.29 is 14.7 Å². The van der Waals surface area contributed by atoms with E-state index in [4.69, 9.17) is 28.3 Å². The number of urea groups is 1. The molecule has 0 aromatic heterocycles. The summed E-state index contributed by atoms with van der Waals surface area (Å²) in [6, 6.07) is 4.39. The summed E-state index contributed by atoms with van der Waals surface area (Å²) < 4.78 is 0. The average Bonchev–Trinajstić information content (AvgIpc) is 2.30. The van der Waals surface area contributed by atoms with Crippen molar-refractivity contribution in [2.75, 3.05) is 18.9 Å². The van der Waals surface area contributed by atoms with Crippen molar-refractivity contribution in [1.29, 1.82) is 0 Å². The summed E-state index contributed by atoms with van der Waals surface area (Å²) >= 11 is 11.8. The summed E-state index contributed by atoms with van der Waals surface area (Å²) in [5, 5.41) is 11.7. The van der Waals surface area contributed by atoms with Crippen LogP contribution in [0.4, 0.5) is 10.5 Å². The van der Waals surface area contributed by atoms with E-state index in [0.29, 0.717) is 15.7 Å². The molecular weight excluding hydrogens is 279 g/mol. The van der Waals surface area contributed by atoms with Crippen molar-refractivity contribution >= 4 is 40.9 Å². The minimum Gasteiger partial charge on any atom is -0.481 e. The van der Waals surface area contributed by atoms with E-state index in [9.17, 15) is 9.59 Å². The van der Waals surface area contributed by atoms with Crippen LogP contribution in [0.25, 0.3) is 0 Å². The van der Waals surface area contributed by atoms with Crippen LogP contribution in [0, 0.1) is 0 Å². The smallest absolute Gasteiger partial charge is 0.321 e. The van der Waals surface area contributed by atoms with Gasteiger partial charge >= 0.3 is 12.0 Å². The highest BCUT2D eigenvalue weighted by molar-refractivity contribution is 6.39. The highest BCUT2D eigenvalue weighted by Crippen LogP contribution is 2.29. The molecule has 0 bridgehead atoms. The molecule has 18 heavy (non-hydrogen) atoms. The number of anilines is 1. The summed E-state index contributed by atoms with van der Waals surface area (Å²) in [5.41, 5.74) is 0.313. The van der Waals surface area contributed by atoms with Gasteiger partial charge < -0.3 is 15.3 Å². The van der Waals surface area contributed by atoms with E-state index in [1.165, 1.54) is 11.9 Å². The standard InChI is InChI=1S/C11H12Cl2N2O3/c1-15(6-5-9(16)17)11(18)14-10-7(12)3-2-4-8(10)13/h2-4H,5-6H2,1H3,(H,14,18)(H,16,17). The third-order valence-corrected chi connectivity index (χ3v) is 2.83. The number of amides is 2. The van der Waals surface area contributed by atoms with Crippen molar-refractivity contribution in [1.82, 2.24) is 4.90 Å². The van der Waals surface area contributed by atoms with Gasteiger partial charge in [0.25, 0.3) is 0 Å². The number of nitrogens with zero attached hydrogens (tertiary/aromatic N) is 1. The summed E-state index contributed by atoms with van der Waals surface area (Å²) in [6.07, 6.45) is -0.125. The minimum atomic E-state index is -0.967. The summed E-state index contributed by atoms with van der Waals surface area (Å²) in [7, 11) is 1.49. The normalized spacial score (nSPS) is 9.94. The van der Waals surface area contributed by atoms with Crippen LogP contribution >= 0.6 is 23.2 Å². The molecule has 0 unspecified atom stereocenters. The molecule has 2 N–H and O–H groups in total. The maximum atomic E-state index is 11.7. The van der Waals surface area contributed by atoms with Gasteiger partial charge in [0.05, 0.1) is 22.2 Å². The number of rotatable bonds is 4. The van der Waals surface area contributed by atoms with Crippen LogP contribution in [0.1, 0.15) is 6.42 Å². The largest absolute Gasteiger partial charge is 0.481 e. The maximum absolute atomic E-state index is 11.7. The topological polar surface area (TPSA) is 69.6 Å². The molecule has 0 saturated carbocycles. The Kier molecular flexibility index (Phi) is 5.25.